The summed E-state index contributed by atoms with van der Waals surface area (Å²) in [6.07, 6.45) is 2.31. The third-order valence-corrected chi connectivity index (χ3v) is 4.82. The lowest BCUT2D eigenvalue weighted by molar-refractivity contribution is 0.122. The number of hydrazine groups is 1. The van der Waals surface area contributed by atoms with Crippen LogP contribution >= 0.6 is 12.2 Å². The lowest BCUT2D eigenvalue weighted by Gasteiger charge is -2.28. The van der Waals surface area contributed by atoms with Crippen molar-refractivity contribution in [2.75, 3.05) is 59.9 Å². The van der Waals surface area contributed by atoms with Crippen LogP contribution in [0.25, 0.3) is 0 Å². The SMILES string of the molecule is S=C(NNc1nc(N2CCCC2)nc(N2CCOCC2)n1)Nc1ccccc1. The lowest BCUT2D eigenvalue weighted by atomic mass is 10.3. The van der Waals surface area contributed by atoms with Gasteiger partial charge in [-0.2, -0.15) is 15.0 Å². The number of nitrogens with zero attached hydrogens (tertiary/aromatic N) is 5. The van der Waals surface area contributed by atoms with Crippen molar-refractivity contribution in [3.8, 4) is 0 Å². The van der Waals surface area contributed by atoms with Gasteiger partial charge in [0, 0.05) is 31.9 Å². The van der Waals surface area contributed by atoms with Crippen molar-refractivity contribution in [1.29, 1.82) is 0 Å². The van der Waals surface area contributed by atoms with E-state index in [0.29, 0.717) is 36.2 Å². The van der Waals surface area contributed by atoms with Gasteiger partial charge in [0.15, 0.2) is 5.11 Å². The molecule has 2 saturated heterocycles. The molecule has 28 heavy (non-hydrogen) atoms. The van der Waals surface area contributed by atoms with Crippen LogP contribution in [0.15, 0.2) is 30.3 Å². The van der Waals surface area contributed by atoms with E-state index in [0.717, 1.165) is 44.7 Å². The second kappa shape index (κ2) is 8.98. The van der Waals surface area contributed by atoms with E-state index in [1.54, 1.807) is 0 Å². The van der Waals surface area contributed by atoms with Crippen LogP contribution in [0.5, 0.6) is 0 Å². The first kappa shape index (κ1) is 18.6. The molecule has 3 N–H and O–H groups in total. The topological polar surface area (TPSA) is 90.5 Å². The first-order valence-electron chi connectivity index (χ1n) is 9.50. The molecule has 0 aliphatic carbocycles. The van der Waals surface area contributed by atoms with E-state index in [1.807, 2.05) is 30.3 Å². The number of anilines is 4. The Labute approximate surface area is 169 Å². The molecule has 1 aromatic carbocycles. The van der Waals surface area contributed by atoms with Crippen LogP contribution in [0.1, 0.15) is 12.8 Å². The number of ether oxygens (including phenoxy) is 1. The van der Waals surface area contributed by atoms with Gasteiger partial charge < -0.3 is 19.9 Å². The van der Waals surface area contributed by atoms with Crippen molar-refractivity contribution < 1.29 is 4.74 Å². The number of benzene rings is 1. The molecule has 0 amide bonds. The molecule has 0 atom stereocenters. The number of thiocarbonyl (C=S) groups is 1. The summed E-state index contributed by atoms with van der Waals surface area (Å²) in [5.74, 6) is 1.79. The molecule has 2 aliphatic heterocycles. The lowest BCUT2D eigenvalue weighted by Crippen LogP contribution is -2.39. The molecule has 1 aromatic heterocycles. The smallest absolute Gasteiger partial charge is 0.248 e. The fourth-order valence-electron chi connectivity index (χ4n) is 3.17. The molecule has 2 fully saturated rings. The van der Waals surface area contributed by atoms with E-state index in [9.17, 15) is 0 Å². The average Bonchev–Trinajstić information content (AvgIpc) is 3.28. The van der Waals surface area contributed by atoms with Gasteiger partial charge in [0.2, 0.25) is 17.8 Å². The average molecular weight is 401 g/mol. The molecule has 9 nitrogen and oxygen atoms in total. The van der Waals surface area contributed by atoms with Crippen LogP contribution in [0.2, 0.25) is 0 Å². The molecule has 2 aromatic rings. The van der Waals surface area contributed by atoms with Gasteiger partial charge >= 0.3 is 0 Å². The van der Waals surface area contributed by atoms with Crippen molar-refractivity contribution in [2.24, 2.45) is 0 Å². The highest BCUT2D eigenvalue weighted by atomic mass is 32.1. The minimum Gasteiger partial charge on any atom is -0.378 e. The molecule has 3 heterocycles. The van der Waals surface area contributed by atoms with Gasteiger partial charge in [0.1, 0.15) is 0 Å². The fourth-order valence-corrected chi connectivity index (χ4v) is 3.34. The zero-order valence-corrected chi connectivity index (χ0v) is 16.4. The van der Waals surface area contributed by atoms with Crippen LogP contribution in [-0.2, 0) is 4.74 Å². The zero-order valence-electron chi connectivity index (χ0n) is 15.6. The molecule has 4 rings (SSSR count). The minimum absolute atomic E-state index is 0.433. The maximum atomic E-state index is 5.44. The molecular weight excluding hydrogens is 376 g/mol. The first-order valence-corrected chi connectivity index (χ1v) is 9.90. The molecule has 0 saturated carbocycles. The minimum atomic E-state index is 0.433. The van der Waals surface area contributed by atoms with Crippen molar-refractivity contribution in [3.63, 3.8) is 0 Å². The van der Waals surface area contributed by atoms with E-state index in [2.05, 4.69) is 35.9 Å². The number of rotatable bonds is 5. The van der Waals surface area contributed by atoms with Crippen molar-refractivity contribution in [3.05, 3.63) is 30.3 Å². The van der Waals surface area contributed by atoms with E-state index in [4.69, 9.17) is 21.9 Å². The summed E-state index contributed by atoms with van der Waals surface area (Å²) in [6.45, 7) is 4.82. The standard InChI is InChI=1S/C18H24N8OS/c28-18(19-14-6-2-1-3-7-14)24-23-15-20-16(25-8-4-5-9-25)22-17(21-15)26-10-12-27-13-11-26/h1-3,6-7H,4-5,8-13H2,(H2,19,24,28)(H,20,21,22,23). The van der Waals surface area contributed by atoms with E-state index in [1.165, 1.54) is 0 Å². The largest absolute Gasteiger partial charge is 0.378 e. The highest BCUT2D eigenvalue weighted by Gasteiger charge is 2.21. The van der Waals surface area contributed by atoms with E-state index < -0.39 is 0 Å². The van der Waals surface area contributed by atoms with E-state index in [-0.39, 0.29) is 0 Å². The van der Waals surface area contributed by atoms with Gasteiger partial charge in [-0.25, -0.2) is 0 Å². The third-order valence-electron chi connectivity index (χ3n) is 4.61. The Morgan fingerprint density at radius 2 is 1.54 bits per heavy atom. The summed E-state index contributed by atoms with van der Waals surface area (Å²) in [7, 11) is 0. The molecule has 0 bridgehead atoms. The summed E-state index contributed by atoms with van der Waals surface area (Å²) in [5.41, 5.74) is 6.87. The zero-order chi connectivity index (χ0) is 19.2. The second-order valence-electron chi connectivity index (χ2n) is 6.62. The summed E-state index contributed by atoms with van der Waals surface area (Å²) in [6, 6.07) is 9.73. The maximum Gasteiger partial charge on any atom is 0.248 e. The first-order chi connectivity index (χ1) is 13.8. The highest BCUT2D eigenvalue weighted by Crippen LogP contribution is 2.20. The highest BCUT2D eigenvalue weighted by molar-refractivity contribution is 7.80. The Kier molecular flexibility index (Phi) is 5.98. The van der Waals surface area contributed by atoms with Crippen LogP contribution in [-0.4, -0.2) is 59.5 Å². The molecular formula is C18H24N8OS. The number of hydrogen-bond donors (Lipinski definition) is 3. The molecule has 2 aliphatic rings. The molecule has 148 valence electrons. The number of para-hydroxylation sites is 1. The van der Waals surface area contributed by atoms with Gasteiger partial charge in [-0.3, -0.25) is 10.9 Å². The van der Waals surface area contributed by atoms with Gasteiger partial charge in [0.05, 0.1) is 13.2 Å². The van der Waals surface area contributed by atoms with Gasteiger partial charge in [-0.1, -0.05) is 18.2 Å². The number of morpholine rings is 1. The monoisotopic (exact) mass is 400 g/mol. The molecule has 0 radical (unpaired) electrons. The van der Waals surface area contributed by atoms with Crippen molar-refractivity contribution in [2.45, 2.75) is 12.8 Å². The normalized spacial score (nSPS) is 16.7. The second-order valence-corrected chi connectivity index (χ2v) is 7.03. The number of aromatic nitrogens is 3. The van der Waals surface area contributed by atoms with Gasteiger partial charge in [-0.15, -0.1) is 0 Å². The molecule has 0 unspecified atom stereocenters. The van der Waals surface area contributed by atoms with Crippen molar-refractivity contribution in [1.82, 2.24) is 20.4 Å². The quantitative estimate of drug-likeness (QED) is 0.508. The number of nitrogens with one attached hydrogen (secondary N) is 3. The number of hydrogen-bond acceptors (Lipinski definition) is 8. The van der Waals surface area contributed by atoms with E-state index >= 15 is 0 Å². The van der Waals surface area contributed by atoms with Crippen LogP contribution in [0, 0.1) is 0 Å². The van der Waals surface area contributed by atoms with Gasteiger partial charge in [0.25, 0.3) is 0 Å². The predicted octanol–water partition coefficient (Wildman–Crippen LogP) is 1.62. The Morgan fingerprint density at radius 1 is 0.893 bits per heavy atom. The Morgan fingerprint density at radius 3 is 2.21 bits per heavy atom. The summed E-state index contributed by atoms with van der Waals surface area (Å²) < 4.78 is 5.44. The van der Waals surface area contributed by atoms with Crippen LogP contribution in [0.3, 0.4) is 0 Å². The summed E-state index contributed by atoms with van der Waals surface area (Å²) in [5, 5.41) is 3.54. The van der Waals surface area contributed by atoms with Crippen LogP contribution in [0.4, 0.5) is 23.5 Å². The Bertz CT molecular complexity index is 793. The van der Waals surface area contributed by atoms with Crippen LogP contribution < -0.4 is 26.0 Å². The van der Waals surface area contributed by atoms with Crippen molar-refractivity contribution >= 4 is 40.9 Å². The molecule has 10 heteroatoms. The maximum absolute atomic E-state index is 5.44. The fraction of sp³-hybridized carbons (Fsp3) is 0.444. The Hall–Kier alpha value is -2.72. The third kappa shape index (κ3) is 4.76. The molecule has 0 spiro atoms. The summed E-state index contributed by atoms with van der Waals surface area (Å²) in [4.78, 5) is 18.1. The Balaban J connectivity index is 1.46. The predicted molar refractivity (Wildman–Crippen MR) is 114 cm³/mol. The van der Waals surface area contributed by atoms with Gasteiger partial charge in [-0.05, 0) is 37.2 Å². The summed E-state index contributed by atoms with van der Waals surface area (Å²) >= 11 is 5.34.